The van der Waals surface area contributed by atoms with Gasteiger partial charge in [0, 0.05) is 11.6 Å². The minimum Gasteiger partial charge on any atom is -0.314 e. The molecule has 1 fully saturated rings. The highest BCUT2D eigenvalue weighted by molar-refractivity contribution is 6.30. The molecule has 0 aliphatic carbocycles. The average molecular weight is 479 g/mol. The van der Waals surface area contributed by atoms with Gasteiger partial charge < -0.3 is 14.8 Å². The van der Waals surface area contributed by atoms with Crippen LogP contribution in [0.1, 0.15) is 47.5 Å². The first kappa shape index (κ1) is 23.0. The van der Waals surface area contributed by atoms with Gasteiger partial charge in [0.05, 0.1) is 24.0 Å². The molecule has 0 unspecified atom stereocenters. The SMILES string of the molecule is Cc1nc(C(F)(F)F)ccc1NC(=O)N1CCC[C@H]1c1nnc(C)n1Cc1ccc(Cl)cc1. The molecule has 3 aromatic rings. The summed E-state index contributed by atoms with van der Waals surface area (Å²) in [7, 11) is 0. The van der Waals surface area contributed by atoms with Gasteiger partial charge in [-0.1, -0.05) is 23.7 Å². The van der Waals surface area contributed by atoms with Gasteiger partial charge in [-0.2, -0.15) is 13.2 Å². The molecule has 1 N–H and O–H groups in total. The van der Waals surface area contributed by atoms with Crippen molar-refractivity contribution in [3.63, 3.8) is 0 Å². The summed E-state index contributed by atoms with van der Waals surface area (Å²) in [4.78, 5) is 18.3. The first-order valence-electron chi connectivity index (χ1n) is 10.4. The summed E-state index contributed by atoms with van der Waals surface area (Å²) in [5, 5.41) is 11.9. The molecule has 4 rings (SSSR count). The molecule has 11 heteroatoms. The molecule has 7 nitrogen and oxygen atoms in total. The van der Waals surface area contributed by atoms with Crippen molar-refractivity contribution in [2.75, 3.05) is 11.9 Å². The Morgan fingerprint density at radius 1 is 1.15 bits per heavy atom. The Kier molecular flexibility index (Phi) is 6.29. The van der Waals surface area contributed by atoms with Crippen LogP contribution in [0.2, 0.25) is 5.02 Å². The average Bonchev–Trinajstić information content (AvgIpc) is 3.37. The standard InChI is InChI=1S/C22H22ClF3N6O/c1-13-17(9-10-19(27-13)22(24,25)26)28-21(33)31-11-3-4-18(31)20-30-29-14(2)32(20)12-15-5-7-16(23)8-6-15/h5-10,18H,3-4,11-12H2,1-2H3,(H,28,33)/t18-/m0/s1. The van der Waals surface area contributed by atoms with Gasteiger partial charge in [-0.3, -0.25) is 0 Å². The zero-order valence-corrected chi connectivity index (χ0v) is 18.8. The Balaban J connectivity index is 1.54. The first-order chi connectivity index (χ1) is 15.6. The number of carbonyl (C=O) groups excluding carboxylic acids is 1. The number of benzene rings is 1. The lowest BCUT2D eigenvalue weighted by molar-refractivity contribution is -0.141. The van der Waals surface area contributed by atoms with Crippen LogP contribution in [0.25, 0.3) is 0 Å². The van der Waals surface area contributed by atoms with Crippen molar-refractivity contribution in [3.8, 4) is 0 Å². The Hall–Kier alpha value is -3.14. The predicted molar refractivity (Wildman–Crippen MR) is 117 cm³/mol. The van der Waals surface area contributed by atoms with Gasteiger partial charge in [-0.15, -0.1) is 10.2 Å². The van der Waals surface area contributed by atoms with E-state index in [2.05, 4.69) is 20.5 Å². The minimum absolute atomic E-state index is 0.0932. The Bertz CT molecular complexity index is 1160. The topological polar surface area (TPSA) is 75.9 Å². The number of alkyl halides is 3. The van der Waals surface area contributed by atoms with Gasteiger partial charge in [0.15, 0.2) is 5.82 Å². The maximum atomic E-state index is 13.0. The molecule has 33 heavy (non-hydrogen) atoms. The van der Waals surface area contributed by atoms with Crippen LogP contribution in [0.15, 0.2) is 36.4 Å². The lowest BCUT2D eigenvalue weighted by atomic mass is 10.2. The summed E-state index contributed by atoms with van der Waals surface area (Å²) < 4.78 is 40.6. The van der Waals surface area contributed by atoms with Crippen molar-refractivity contribution < 1.29 is 18.0 Å². The summed E-state index contributed by atoms with van der Waals surface area (Å²) in [6.45, 7) is 4.30. The smallest absolute Gasteiger partial charge is 0.314 e. The number of aromatic nitrogens is 4. The van der Waals surface area contributed by atoms with E-state index in [4.69, 9.17) is 11.6 Å². The molecule has 0 saturated carbocycles. The van der Waals surface area contributed by atoms with Crippen molar-refractivity contribution in [1.29, 1.82) is 0 Å². The number of nitrogens with zero attached hydrogens (tertiary/aromatic N) is 5. The number of aryl methyl sites for hydroxylation is 2. The minimum atomic E-state index is -4.54. The van der Waals surface area contributed by atoms with Crippen LogP contribution >= 0.6 is 11.6 Å². The number of anilines is 1. The first-order valence-corrected chi connectivity index (χ1v) is 10.8. The van der Waals surface area contributed by atoms with Gasteiger partial charge in [-0.25, -0.2) is 9.78 Å². The number of rotatable bonds is 4. The number of amides is 2. The Morgan fingerprint density at radius 3 is 2.55 bits per heavy atom. The van der Waals surface area contributed by atoms with E-state index in [1.807, 2.05) is 35.8 Å². The van der Waals surface area contributed by atoms with Gasteiger partial charge >= 0.3 is 12.2 Å². The molecule has 1 aromatic carbocycles. The maximum absolute atomic E-state index is 13.0. The summed E-state index contributed by atoms with van der Waals surface area (Å²) in [6.07, 6.45) is -3.06. The molecule has 1 aliphatic rings. The van der Waals surface area contributed by atoms with E-state index in [1.54, 1.807) is 4.90 Å². The number of likely N-dealkylation sites (tertiary alicyclic amines) is 1. The normalized spacial score (nSPS) is 16.3. The van der Waals surface area contributed by atoms with Crippen LogP contribution in [0, 0.1) is 13.8 Å². The number of carbonyl (C=O) groups is 1. The zero-order valence-electron chi connectivity index (χ0n) is 18.0. The molecule has 1 saturated heterocycles. The van der Waals surface area contributed by atoms with E-state index in [0.29, 0.717) is 30.4 Å². The number of nitrogens with one attached hydrogen (secondary N) is 1. The molecule has 2 amide bonds. The van der Waals surface area contributed by atoms with Crippen molar-refractivity contribution >= 4 is 23.3 Å². The van der Waals surface area contributed by atoms with E-state index in [1.165, 1.54) is 13.0 Å². The number of urea groups is 1. The second kappa shape index (κ2) is 9.01. The van der Waals surface area contributed by atoms with E-state index in [-0.39, 0.29) is 17.4 Å². The molecule has 1 aliphatic heterocycles. The Labute approximate surface area is 193 Å². The lowest BCUT2D eigenvalue weighted by Gasteiger charge is -2.25. The molecule has 2 aromatic heterocycles. The highest BCUT2D eigenvalue weighted by atomic mass is 35.5. The van der Waals surface area contributed by atoms with Crippen LogP contribution in [-0.4, -0.2) is 37.2 Å². The zero-order chi connectivity index (χ0) is 23.8. The monoisotopic (exact) mass is 478 g/mol. The van der Waals surface area contributed by atoms with Crippen molar-refractivity contribution in [1.82, 2.24) is 24.6 Å². The quantitative estimate of drug-likeness (QED) is 0.546. The van der Waals surface area contributed by atoms with Gasteiger partial charge in [0.1, 0.15) is 11.5 Å². The highest BCUT2D eigenvalue weighted by Crippen LogP contribution is 2.33. The van der Waals surface area contributed by atoms with E-state index in [0.717, 1.165) is 23.9 Å². The molecule has 0 bridgehead atoms. The van der Waals surface area contributed by atoms with E-state index < -0.39 is 17.9 Å². The van der Waals surface area contributed by atoms with Crippen molar-refractivity contribution in [2.24, 2.45) is 0 Å². The second-order valence-corrected chi connectivity index (χ2v) is 8.36. The fraction of sp³-hybridized carbons (Fsp3) is 0.364. The van der Waals surface area contributed by atoms with Crippen LogP contribution < -0.4 is 5.32 Å². The lowest BCUT2D eigenvalue weighted by Crippen LogP contribution is -2.36. The third-order valence-electron chi connectivity index (χ3n) is 5.65. The molecular formula is C22H22ClF3N6O. The highest BCUT2D eigenvalue weighted by Gasteiger charge is 2.35. The van der Waals surface area contributed by atoms with Crippen molar-refractivity contribution in [3.05, 3.63) is 70.0 Å². The summed E-state index contributed by atoms with van der Waals surface area (Å²) >= 11 is 5.98. The third-order valence-corrected chi connectivity index (χ3v) is 5.90. The number of pyridine rings is 1. The predicted octanol–water partition coefficient (Wildman–Crippen LogP) is 5.38. The van der Waals surface area contributed by atoms with Gasteiger partial charge in [0.25, 0.3) is 0 Å². The number of halogens is 4. The summed E-state index contributed by atoms with van der Waals surface area (Å²) in [5.41, 5.74) is 0.347. The van der Waals surface area contributed by atoms with Crippen molar-refractivity contribution in [2.45, 2.75) is 45.5 Å². The number of hydrogen-bond acceptors (Lipinski definition) is 4. The second-order valence-electron chi connectivity index (χ2n) is 7.93. The molecule has 174 valence electrons. The Morgan fingerprint density at radius 2 is 1.88 bits per heavy atom. The molecule has 0 spiro atoms. The van der Waals surface area contributed by atoms with Gasteiger partial charge in [-0.05, 0) is 56.5 Å². The van der Waals surface area contributed by atoms with Crippen LogP contribution in [0.4, 0.5) is 23.7 Å². The fourth-order valence-electron chi connectivity index (χ4n) is 3.93. The molecular weight excluding hydrogens is 457 g/mol. The number of hydrogen-bond donors (Lipinski definition) is 1. The largest absolute Gasteiger partial charge is 0.433 e. The maximum Gasteiger partial charge on any atom is 0.433 e. The summed E-state index contributed by atoms with van der Waals surface area (Å²) in [5.74, 6) is 1.38. The van der Waals surface area contributed by atoms with Crippen LogP contribution in [-0.2, 0) is 12.7 Å². The third kappa shape index (κ3) is 4.95. The molecule has 3 heterocycles. The van der Waals surface area contributed by atoms with Crippen LogP contribution in [0.3, 0.4) is 0 Å². The van der Waals surface area contributed by atoms with E-state index >= 15 is 0 Å². The summed E-state index contributed by atoms with van der Waals surface area (Å²) in [6, 6.07) is 8.83. The molecule has 0 radical (unpaired) electrons. The van der Waals surface area contributed by atoms with Crippen LogP contribution in [0.5, 0.6) is 0 Å². The van der Waals surface area contributed by atoms with Gasteiger partial charge in [0.2, 0.25) is 0 Å². The van der Waals surface area contributed by atoms with E-state index in [9.17, 15) is 18.0 Å². The molecule has 1 atom stereocenters. The fourth-order valence-corrected chi connectivity index (χ4v) is 4.05.